The Bertz CT molecular complexity index is 1660. The molecule has 0 bridgehead atoms. The zero-order valence-corrected chi connectivity index (χ0v) is 20.1. The summed E-state index contributed by atoms with van der Waals surface area (Å²) in [5.41, 5.74) is 1.43. The number of carbonyl (C=O) groups is 1. The lowest BCUT2D eigenvalue weighted by molar-refractivity contribution is 0.0599. The van der Waals surface area contributed by atoms with Crippen molar-refractivity contribution in [2.45, 2.75) is 0 Å². The highest BCUT2D eigenvalue weighted by molar-refractivity contribution is 6.33. The molecule has 0 radical (unpaired) electrons. The molecule has 0 atom stereocenters. The molecular weight excluding hydrogens is 491 g/mol. The minimum Gasteiger partial charge on any atom is -0.497 e. The van der Waals surface area contributed by atoms with E-state index in [0.29, 0.717) is 43.7 Å². The number of pyridine rings is 1. The fourth-order valence-corrected chi connectivity index (χ4v) is 4.37. The normalized spacial score (nSPS) is 11.1. The quantitative estimate of drug-likeness (QED) is 0.270. The van der Waals surface area contributed by atoms with Gasteiger partial charge >= 0.3 is 5.97 Å². The molecule has 5 aromatic rings. The second kappa shape index (κ2) is 9.02. The third kappa shape index (κ3) is 3.88. The number of halogens is 2. The highest BCUT2D eigenvalue weighted by Gasteiger charge is 2.28. The zero-order chi connectivity index (χ0) is 24.7. The third-order valence-electron chi connectivity index (χ3n) is 5.58. The average molecular weight is 509 g/mol. The Kier molecular flexibility index (Phi) is 5.88. The van der Waals surface area contributed by atoms with Crippen LogP contribution in [0, 0.1) is 0 Å². The molecule has 0 spiro atoms. The van der Waals surface area contributed by atoms with Crippen LogP contribution in [0.3, 0.4) is 0 Å². The van der Waals surface area contributed by atoms with Gasteiger partial charge in [0.05, 0.1) is 24.9 Å². The predicted octanol–water partition coefficient (Wildman–Crippen LogP) is 6.58. The van der Waals surface area contributed by atoms with Gasteiger partial charge in [0.1, 0.15) is 22.5 Å². The van der Waals surface area contributed by atoms with Gasteiger partial charge in [-0.2, -0.15) is 0 Å². The van der Waals surface area contributed by atoms with Gasteiger partial charge < -0.3 is 19.2 Å². The van der Waals surface area contributed by atoms with Crippen LogP contribution in [0.4, 0.5) is 11.4 Å². The SMILES string of the molecule is COC(=O)c1c(Nc2ccc(OC)cc2)c2oc3ccc(Cl)cc3c2n(-c2ccccc2Cl)c1=O. The van der Waals surface area contributed by atoms with Crippen molar-refractivity contribution in [3.8, 4) is 11.4 Å². The van der Waals surface area contributed by atoms with Crippen molar-refractivity contribution >= 4 is 62.6 Å². The van der Waals surface area contributed by atoms with Crippen LogP contribution in [-0.2, 0) is 4.74 Å². The monoisotopic (exact) mass is 508 g/mol. The molecule has 5 rings (SSSR count). The van der Waals surface area contributed by atoms with Crippen LogP contribution in [0.5, 0.6) is 5.75 Å². The standard InChI is InChI=1S/C26H18Cl2N2O5/c1-33-16-10-8-15(9-11-16)29-22-21(26(32)34-2)25(31)30(19-6-4-3-5-18(19)28)23-17-13-14(27)7-12-20(17)35-24(22)23/h3-13,29H,1-2H3. The minimum atomic E-state index is -0.827. The molecule has 9 heteroatoms. The van der Waals surface area contributed by atoms with Crippen LogP contribution in [0.1, 0.15) is 10.4 Å². The summed E-state index contributed by atoms with van der Waals surface area (Å²) in [5.74, 6) is -0.173. The number of ether oxygens (including phenoxy) is 2. The van der Waals surface area contributed by atoms with Crippen molar-refractivity contribution < 1.29 is 18.7 Å². The molecule has 35 heavy (non-hydrogen) atoms. The van der Waals surface area contributed by atoms with Crippen molar-refractivity contribution in [2.75, 3.05) is 19.5 Å². The summed E-state index contributed by atoms with van der Waals surface area (Å²) in [5, 5.41) is 4.52. The second-order valence-electron chi connectivity index (χ2n) is 7.61. The number of nitrogens with zero attached hydrogens (tertiary/aromatic N) is 1. The van der Waals surface area contributed by atoms with Crippen molar-refractivity contribution in [1.29, 1.82) is 0 Å². The van der Waals surface area contributed by atoms with E-state index in [4.69, 9.17) is 37.1 Å². The molecule has 0 fully saturated rings. The number of fused-ring (bicyclic) bond motifs is 3. The Balaban J connectivity index is 1.93. The van der Waals surface area contributed by atoms with Gasteiger partial charge in [-0.05, 0) is 54.6 Å². The zero-order valence-electron chi connectivity index (χ0n) is 18.6. The number of para-hydroxylation sites is 1. The Labute approximate surface area is 209 Å². The maximum absolute atomic E-state index is 13.9. The molecule has 0 saturated heterocycles. The van der Waals surface area contributed by atoms with Crippen molar-refractivity contribution in [3.63, 3.8) is 0 Å². The summed E-state index contributed by atoms with van der Waals surface area (Å²) in [7, 11) is 2.77. The number of esters is 1. The number of hydrogen-bond donors (Lipinski definition) is 1. The van der Waals surface area contributed by atoms with E-state index in [1.807, 2.05) is 0 Å². The number of aromatic nitrogens is 1. The Morgan fingerprint density at radius 2 is 1.74 bits per heavy atom. The molecule has 3 aromatic carbocycles. The van der Waals surface area contributed by atoms with E-state index in [1.165, 1.54) is 11.7 Å². The molecule has 0 unspecified atom stereocenters. The van der Waals surface area contributed by atoms with E-state index >= 15 is 0 Å². The average Bonchev–Trinajstić information content (AvgIpc) is 3.23. The second-order valence-corrected chi connectivity index (χ2v) is 8.45. The first-order valence-electron chi connectivity index (χ1n) is 10.5. The molecule has 2 aromatic heterocycles. The number of methoxy groups -OCH3 is 2. The minimum absolute atomic E-state index is 0.164. The maximum atomic E-state index is 13.9. The van der Waals surface area contributed by atoms with E-state index in [0.717, 1.165) is 0 Å². The number of anilines is 2. The van der Waals surface area contributed by atoms with E-state index < -0.39 is 11.5 Å². The lowest BCUT2D eigenvalue weighted by Gasteiger charge is -2.16. The lowest BCUT2D eigenvalue weighted by atomic mass is 10.1. The van der Waals surface area contributed by atoms with Crippen LogP contribution in [0.2, 0.25) is 10.0 Å². The summed E-state index contributed by atoms with van der Waals surface area (Å²) in [6.45, 7) is 0. The fourth-order valence-electron chi connectivity index (χ4n) is 3.97. The highest BCUT2D eigenvalue weighted by Crippen LogP contribution is 2.39. The fraction of sp³-hybridized carbons (Fsp3) is 0.0769. The number of carbonyl (C=O) groups excluding carboxylic acids is 1. The molecule has 0 aliphatic carbocycles. The summed E-state index contributed by atoms with van der Waals surface area (Å²) in [6, 6.07) is 18.9. The number of nitrogens with one attached hydrogen (secondary N) is 1. The summed E-state index contributed by atoms with van der Waals surface area (Å²) in [6.07, 6.45) is 0. The maximum Gasteiger partial charge on any atom is 0.345 e. The Hall–Kier alpha value is -3.94. The molecule has 0 amide bonds. The summed E-state index contributed by atoms with van der Waals surface area (Å²) < 4.78 is 17.7. The molecule has 2 heterocycles. The predicted molar refractivity (Wildman–Crippen MR) is 137 cm³/mol. The highest BCUT2D eigenvalue weighted by atomic mass is 35.5. The van der Waals surface area contributed by atoms with Gasteiger partial charge in [0.15, 0.2) is 11.1 Å². The van der Waals surface area contributed by atoms with Crippen LogP contribution in [0.25, 0.3) is 27.8 Å². The smallest absolute Gasteiger partial charge is 0.345 e. The first-order chi connectivity index (χ1) is 16.9. The van der Waals surface area contributed by atoms with E-state index in [1.54, 1.807) is 73.8 Å². The Morgan fingerprint density at radius 3 is 2.43 bits per heavy atom. The molecular formula is C26H18Cl2N2O5. The summed E-state index contributed by atoms with van der Waals surface area (Å²) in [4.78, 5) is 26.9. The molecule has 0 saturated carbocycles. The van der Waals surface area contributed by atoms with Gasteiger partial charge in [-0.25, -0.2) is 4.79 Å². The van der Waals surface area contributed by atoms with Gasteiger partial charge in [0.25, 0.3) is 5.56 Å². The Morgan fingerprint density at radius 1 is 1.00 bits per heavy atom. The number of benzene rings is 3. The molecule has 0 aliphatic rings. The largest absolute Gasteiger partial charge is 0.497 e. The summed E-state index contributed by atoms with van der Waals surface area (Å²) >= 11 is 12.8. The van der Waals surface area contributed by atoms with E-state index in [2.05, 4.69) is 5.32 Å². The van der Waals surface area contributed by atoms with E-state index in [9.17, 15) is 9.59 Å². The molecule has 1 N–H and O–H groups in total. The first-order valence-corrected chi connectivity index (χ1v) is 11.2. The molecule has 7 nitrogen and oxygen atoms in total. The number of rotatable bonds is 5. The topological polar surface area (TPSA) is 82.7 Å². The van der Waals surface area contributed by atoms with Gasteiger partial charge in [0, 0.05) is 16.1 Å². The number of hydrogen-bond acceptors (Lipinski definition) is 6. The first kappa shape index (κ1) is 22.8. The van der Waals surface area contributed by atoms with E-state index in [-0.39, 0.29) is 16.8 Å². The van der Waals surface area contributed by atoms with Crippen LogP contribution in [-0.4, -0.2) is 24.8 Å². The van der Waals surface area contributed by atoms with Crippen LogP contribution < -0.4 is 15.6 Å². The van der Waals surface area contributed by atoms with Crippen molar-refractivity contribution in [2.24, 2.45) is 0 Å². The van der Waals surface area contributed by atoms with Gasteiger partial charge in [-0.15, -0.1) is 0 Å². The van der Waals surface area contributed by atoms with Gasteiger partial charge in [-0.3, -0.25) is 9.36 Å². The lowest BCUT2D eigenvalue weighted by Crippen LogP contribution is -2.28. The van der Waals surface area contributed by atoms with Crippen molar-refractivity contribution in [1.82, 2.24) is 4.57 Å². The molecule has 176 valence electrons. The molecule has 0 aliphatic heterocycles. The van der Waals surface area contributed by atoms with Crippen LogP contribution in [0.15, 0.2) is 75.9 Å². The van der Waals surface area contributed by atoms with Gasteiger partial charge in [-0.1, -0.05) is 35.3 Å². The third-order valence-corrected chi connectivity index (χ3v) is 6.14. The van der Waals surface area contributed by atoms with Crippen LogP contribution >= 0.6 is 23.2 Å². The van der Waals surface area contributed by atoms with Gasteiger partial charge in [0.2, 0.25) is 0 Å². The number of furan rings is 1. The van der Waals surface area contributed by atoms with Crippen molar-refractivity contribution in [3.05, 3.63) is 92.7 Å².